The average molecular weight is 200 g/mol. The molecule has 0 aliphatic carbocycles. The number of aromatic amines is 1. The van der Waals surface area contributed by atoms with E-state index in [1.165, 1.54) is 16.8 Å². The Bertz CT molecular complexity index is 395. The summed E-state index contributed by atoms with van der Waals surface area (Å²) in [5.41, 5.74) is -0.968. The van der Waals surface area contributed by atoms with Crippen molar-refractivity contribution in [2.75, 3.05) is 6.61 Å². The zero-order chi connectivity index (χ0) is 10.6. The number of H-pyrrole nitrogens is 1. The Hall–Kier alpha value is -1.40. The van der Waals surface area contributed by atoms with E-state index in [0.29, 0.717) is 0 Å². The lowest BCUT2D eigenvalue weighted by molar-refractivity contribution is -0.0147. The minimum absolute atomic E-state index is 0.0112. The maximum atomic E-state index is 11.1. The number of aromatic nitrogens is 2. The first-order valence-electron chi connectivity index (χ1n) is 4.15. The monoisotopic (exact) mass is 200 g/mol. The third-order valence-corrected chi connectivity index (χ3v) is 1.65. The van der Waals surface area contributed by atoms with Crippen molar-refractivity contribution in [3.8, 4) is 0 Å². The third kappa shape index (κ3) is 2.82. The average Bonchev–Trinajstić information content (AvgIpc) is 2.16. The number of nitrogens with one attached hydrogen (secondary N) is 1. The van der Waals surface area contributed by atoms with Crippen LogP contribution in [0.15, 0.2) is 21.9 Å². The molecule has 78 valence electrons. The van der Waals surface area contributed by atoms with Gasteiger partial charge in [-0.3, -0.25) is 14.3 Å². The first-order valence-corrected chi connectivity index (χ1v) is 4.15. The normalized spacial score (nSPS) is 12.7. The molecule has 2 N–H and O–H groups in total. The Morgan fingerprint density at radius 2 is 2.36 bits per heavy atom. The SMILES string of the molecule is CC(CO)OCn1ccc(=O)[nH]c1=O. The van der Waals surface area contributed by atoms with Crippen molar-refractivity contribution in [2.45, 2.75) is 19.8 Å². The van der Waals surface area contributed by atoms with Crippen molar-refractivity contribution in [1.29, 1.82) is 0 Å². The van der Waals surface area contributed by atoms with Gasteiger partial charge < -0.3 is 9.84 Å². The van der Waals surface area contributed by atoms with E-state index < -0.39 is 11.2 Å². The van der Waals surface area contributed by atoms with Crippen molar-refractivity contribution < 1.29 is 9.84 Å². The molecule has 0 aliphatic rings. The van der Waals surface area contributed by atoms with E-state index in [9.17, 15) is 9.59 Å². The molecule has 0 saturated heterocycles. The van der Waals surface area contributed by atoms with Gasteiger partial charge in [-0.05, 0) is 6.92 Å². The van der Waals surface area contributed by atoms with E-state index in [1.807, 2.05) is 0 Å². The molecule has 0 saturated carbocycles. The lowest BCUT2D eigenvalue weighted by Crippen LogP contribution is -2.30. The predicted octanol–water partition coefficient (Wildman–Crippen LogP) is -1.11. The highest BCUT2D eigenvalue weighted by molar-refractivity contribution is 4.81. The molecule has 6 heteroatoms. The number of rotatable bonds is 4. The van der Waals surface area contributed by atoms with Gasteiger partial charge in [-0.15, -0.1) is 0 Å². The molecule has 1 heterocycles. The maximum Gasteiger partial charge on any atom is 0.330 e. The number of nitrogens with zero attached hydrogens (tertiary/aromatic N) is 1. The molecule has 0 radical (unpaired) electrons. The van der Waals surface area contributed by atoms with Crippen molar-refractivity contribution in [3.63, 3.8) is 0 Å². The molecule has 0 amide bonds. The Morgan fingerprint density at radius 1 is 1.64 bits per heavy atom. The topological polar surface area (TPSA) is 84.3 Å². The molecule has 0 bridgehead atoms. The largest absolute Gasteiger partial charge is 0.394 e. The quantitative estimate of drug-likeness (QED) is 0.645. The van der Waals surface area contributed by atoms with Crippen LogP contribution in [0.1, 0.15) is 6.92 Å². The van der Waals surface area contributed by atoms with Crippen LogP contribution in [0.2, 0.25) is 0 Å². The van der Waals surface area contributed by atoms with Crippen LogP contribution < -0.4 is 11.2 Å². The van der Waals surface area contributed by atoms with Gasteiger partial charge in [-0.25, -0.2) is 4.79 Å². The van der Waals surface area contributed by atoms with E-state index in [-0.39, 0.29) is 19.4 Å². The molecule has 14 heavy (non-hydrogen) atoms. The Labute approximate surface area is 79.8 Å². The molecular formula is C8H12N2O4. The summed E-state index contributed by atoms with van der Waals surface area (Å²) in [6, 6.07) is 1.23. The number of aliphatic hydroxyl groups is 1. The second-order valence-corrected chi connectivity index (χ2v) is 2.87. The number of hydrogen-bond donors (Lipinski definition) is 2. The number of hydrogen-bond acceptors (Lipinski definition) is 4. The van der Waals surface area contributed by atoms with Crippen LogP contribution in [0.5, 0.6) is 0 Å². The molecule has 1 rings (SSSR count). The highest BCUT2D eigenvalue weighted by atomic mass is 16.5. The van der Waals surface area contributed by atoms with Gasteiger partial charge in [-0.1, -0.05) is 0 Å². The molecule has 6 nitrogen and oxygen atoms in total. The Morgan fingerprint density at radius 3 is 2.93 bits per heavy atom. The summed E-state index contributed by atoms with van der Waals surface area (Å²) in [6.45, 7) is 1.58. The van der Waals surface area contributed by atoms with Crippen LogP contribution >= 0.6 is 0 Å². The minimum Gasteiger partial charge on any atom is -0.394 e. The number of aliphatic hydroxyl groups excluding tert-OH is 1. The zero-order valence-corrected chi connectivity index (χ0v) is 7.77. The van der Waals surface area contributed by atoms with Crippen molar-refractivity contribution >= 4 is 0 Å². The maximum absolute atomic E-state index is 11.1. The van der Waals surface area contributed by atoms with E-state index >= 15 is 0 Å². The first-order chi connectivity index (χ1) is 6.63. The van der Waals surface area contributed by atoms with Crippen LogP contribution in [0, 0.1) is 0 Å². The first kappa shape index (κ1) is 10.7. The van der Waals surface area contributed by atoms with Crippen LogP contribution in [-0.4, -0.2) is 27.4 Å². The summed E-state index contributed by atoms with van der Waals surface area (Å²) in [7, 11) is 0. The highest BCUT2D eigenvalue weighted by Gasteiger charge is 2.01. The van der Waals surface area contributed by atoms with Crippen molar-refractivity contribution in [3.05, 3.63) is 33.1 Å². The van der Waals surface area contributed by atoms with Crippen LogP contribution in [0.3, 0.4) is 0 Å². The van der Waals surface area contributed by atoms with E-state index in [2.05, 4.69) is 4.98 Å². The van der Waals surface area contributed by atoms with Gasteiger partial charge in [0.1, 0.15) is 6.73 Å². The van der Waals surface area contributed by atoms with E-state index in [0.717, 1.165) is 0 Å². The number of ether oxygens (including phenoxy) is 1. The molecular weight excluding hydrogens is 188 g/mol. The van der Waals surface area contributed by atoms with Gasteiger partial charge in [-0.2, -0.15) is 0 Å². The summed E-state index contributed by atoms with van der Waals surface area (Å²) in [4.78, 5) is 23.9. The van der Waals surface area contributed by atoms with E-state index in [4.69, 9.17) is 9.84 Å². The molecule has 1 unspecified atom stereocenters. The second-order valence-electron chi connectivity index (χ2n) is 2.87. The van der Waals surface area contributed by atoms with Gasteiger partial charge in [0.2, 0.25) is 0 Å². The summed E-state index contributed by atoms with van der Waals surface area (Å²) >= 11 is 0. The minimum atomic E-state index is -0.525. The standard InChI is InChI=1S/C8H12N2O4/c1-6(4-11)14-5-10-3-2-7(12)9-8(10)13/h2-3,6,11H,4-5H2,1H3,(H,9,12,13). The summed E-state index contributed by atoms with van der Waals surface area (Å²) in [6.07, 6.45) is 1.000. The summed E-state index contributed by atoms with van der Waals surface area (Å²) in [5, 5.41) is 8.66. The van der Waals surface area contributed by atoms with Gasteiger partial charge >= 0.3 is 5.69 Å². The molecule has 0 aromatic carbocycles. The summed E-state index contributed by atoms with van der Waals surface area (Å²) < 4.78 is 6.29. The zero-order valence-electron chi connectivity index (χ0n) is 7.77. The lowest BCUT2D eigenvalue weighted by Gasteiger charge is -2.10. The van der Waals surface area contributed by atoms with Gasteiger partial charge in [0.15, 0.2) is 0 Å². The van der Waals surface area contributed by atoms with Gasteiger partial charge in [0.05, 0.1) is 12.7 Å². The Kier molecular flexibility index (Phi) is 3.61. The fourth-order valence-electron chi connectivity index (χ4n) is 0.806. The molecule has 0 fully saturated rings. The third-order valence-electron chi connectivity index (χ3n) is 1.65. The van der Waals surface area contributed by atoms with Gasteiger partial charge in [0, 0.05) is 12.3 Å². The summed E-state index contributed by atoms with van der Waals surface area (Å²) in [5.74, 6) is 0. The molecule has 1 aromatic heterocycles. The lowest BCUT2D eigenvalue weighted by atomic mass is 10.4. The fraction of sp³-hybridized carbons (Fsp3) is 0.500. The van der Waals surface area contributed by atoms with Crippen molar-refractivity contribution in [1.82, 2.24) is 9.55 Å². The van der Waals surface area contributed by atoms with Gasteiger partial charge in [0.25, 0.3) is 5.56 Å². The van der Waals surface area contributed by atoms with Crippen LogP contribution in [0.4, 0.5) is 0 Å². The molecule has 0 aliphatic heterocycles. The molecule has 1 aromatic rings. The predicted molar refractivity (Wildman–Crippen MR) is 49.0 cm³/mol. The smallest absolute Gasteiger partial charge is 0.330 e. The highest BCUT2D eigenvalue weighted by Crippen LogP contribution is 1.89. The molecule has 0 spiro atoms. The second kappa shape index (κ2) is 4.73. The van der Waals surface area contributed by atoms with E-state index in [1.54, 1.807) is 6.92 Å². The van der Waals surface area contributed by atoms with Crippen LogP contribution in [-0.2, 0) is 11.5 Å². The van der Waals surface area contributed by atoms with Crippen molar-refractivity contribution in [2.24, 2.45) is 0 Å². The Balaban J connectivity index is 2.68. The fourth-order valence-corrected chi connectivity index (χ4v) is 0.806. The van der Waals surface area contributed by atoms with Crippen LogP contribution in [0.25, 0.3) is 0 Å². The molecule has 1 atom stereocenters.